The van der Waals surface area contributed by atoms with Gasteiger partial charge in [0.2, 0.25) is 5.75 Å². The Hall–Kier alpha value is -1.46. The molecule has 1 aliphatic rings. The molecule has 0 radical (unpaired) electrons. The Bertz CT molecular complexity index is 465. The second kappa shape index (κ2) is 7.52. The van der Waals surface area contributed by atoms with Gasteiger partial charge in [0.05, 0.1) is 21.3 Å². The molecule has 0 spiro atoms. The Kier molecular flexibility index (Phi) is 5.70. The van der Waals surface area contributed by atoms with Gasteiger partial charge in [-0.1, -0.05) is 13.0 Å². The first-order chi connectivity index (χ1) is 10.2. The van der Waals surface area contributed by atoms with Gasteiger partial charge in [-0.25, -0.2) is 0 Å². The van der Waals surface area contributed by atoms with Crippen molar-refractivity contribution >= 4 is 0 Å². The highest BCUT2D eigenvalue weighted by molar-refractivity contribution is 5.55. The quantitative estimate of drug-likeness (QED) is 0.868. The number of nitrogens with one attached hydrogen (secondary N) is 1. The summed E-state index contributed by atoms with van der Waals surface area (Å²) in [6.07, 6.45) is 1.15. The van der Waals surface area contributed by atoms with Crippen molar-refractivity contribution in [2.75, 3.05) is 41.0 Å². The molecule has 1 heterocycles. The first-order valence-electron chi connectivity index (χ1n) is 7.47. The molecule has 0 aromatic heterocycles. The normalized spacial score (nSPS) is 19.3. The zero-order chi connectivity index (χ0) is 15.2. The predicted octanol–water partition coefficient (Wildman–Crippen LogP) is 1.90. The van der Waals surface area contributed by atoms with Crippen molar-refractivity contribution in [2.45, 2.75) is 25.9 Å². The third kappa shape index (κ3) is 3.60. The molecule has 2 rings (SSSR count). The number of nitrogens with zero attached hydrogens (tertiary/aromatic N) is 1. The fourth-order valence-electron chi connectivity index (χ4n) is 2.84. The number of hydrogen-bond donors (Lipinski definition) is 1. The largest absolute Gasteiger partial charge is 0.493 e. The number of methoxy groups -OCH3 is 3. The summed E-state index contributed by atoms with van der Waals surface area (Å²) in [7, 11) is 4.95. The number of ether oxygens (including phenoxy) is 3. The summed E-state index contributed by atoms with van der Waals surface area (Å²) in [6, 6.07) is 4.57. The fraction of sp³-hybridized carbons (Fsp3) is 0.625. The van der Waals surface area contributed by atoms with Crippen molar-refractivity contribution in [3.8, 4) is 17.2 Å². The van der Waals surface area contributed by atoms with E-state index in [4.69, 9.17) is 14.2 Å². The molecule has 1 saturated heterocycles. The molecular formula is C16H26N2O3. The Morgan fingerprint density at radius 2 is 1.90 bits per heavy atom. The summed E-state index contributed by atoms with van der Waals surface area (Å²) in [6.45, 7) is 6.23. The van der Waals surface area contributed by atoms with E-state index in [9.17, 15) is 0 Å². The van der Waals surface area contributed by atoms with Gasteiger partial charge in [-0.3, -0.25) is 4.90 Å². The molecule has 1 atom stereocenters. The molecule has 0 bridgehead atoms. The van der Waals surface area contributed by atoms with Gasteiger partial charge in [0.25, 0.3) is 0 Å². The molecule has 5 nitrogen and oxygen atoms in total. The third-order valence-electron chi connectivity index (χ3n) is 4.01. The SMILES string of the molecule is CCC1CN(Cc2ccc(OC)c(OC)c2OC)CCN1. The average Bonchev–Trinajstić information content (AvgIpc) is 2.54. The van der Waals surface area contributed by atoms with Crippen molar-refractivity contribution in [1.82, 2.24) is 10.2 Å². The highest BCUT2D eigenvalue weighted by atomic mass is 16.5. The maximum Gasteiger partial charge on any atom is 0.203 e. The lowest BCUT2D eigenvalue weighted by Gasteiger charge is -2.33. The minimum atomic E-state index is 0.574. The van der Waals surface area contributed by atoms with Crippen LogP contribution < -0.4 is 19.5 Å². The fourth-order valence-corrected chi connectivity index (χ4v) is 2.84. The third-order valence-corrected chi connectivity index (χ3v) is 4.01. The molecule has 1 aromatic rings. The lowest BCUT2D eigenvalue weighted by Crippen LogP contribution is -2.49. The molecule has 1 aliphatic heterocycles. The molecule has 0 aliphatic carbocycles. The van der Waals surface area contributed by atoms with Gasteiger partial charge in [0.15, 0.2) is 11.5 Å². The monoisotopic (exact) mass is 294 g/mol. The van der Waals surface area contributed by atoms with Crippen LogP contribution in [0.3, 0.4) is 0 Å². The average molecular weight is 294 g/mol. The molecule has 5 heteroatoms. The maximum atomic E-state index is 5.56. The smallest absolute Gasteiger partial charge is 0.203 e. The van der Waals surface area contributed by atoms with Gasteiger partial charge in [-0.05, 0) is 12.5 Å². The Labute approximate surface area is 127 Å². The Morgan fingerprint density at radius 3 is 2.52 bits per heavy atom. The van der Waals surface area contributed by atoms with Crippen molar-refractivity contribution in [1.29, 1.82) is 0 Å². The van der Waals surface area contributed by atoms with Crippen LogP contribution in [0.15, 0.2) is 12.1 Å². The van der Waals surface area contributed by atoms with Gasteiger partial charge < -0.3 is 19.5 Å². The van der Waals surface area contributed by atoms with Crippen LogP contribution in [-0.2, 0) is 6.54 Å². The molecule has 1 N–H and O–H groups in total. The molecule has 1 unspecified atom stereocenters. The van der Waals surface area contributed by atoms with E-state index in [2.05, 4.69) is 23.2 Å². The molecule has 118 valence electrons. The van der Waals surface area contributed by atoms with Crippen LogP contribution >= 0.6 is 0 Å². The Morgan fingerprint density at radius 1 is 1.14 bits per heavy atom. The van der Waals surface area contributed by atoms with Crippen LogP contribution in [-0.4, -0.2) is 51.9 Å². The summed E-state index contributed by atoms with van der Waals surface area (Å²) in [5.41, 5.74) is 1.13. The van der Waals surface area contributed by atoms with Crippen LogP contribution in [0.1, 0.15) is 18.9 Å². The lowest BCUT2D eigenvalue weighted by atomic mass is 10.1. The van der Waals surface area contributed by atoms with E-state index < -0.39 is 0 Å². The van der Waals surface area contributed by atoms with E-state index in [1.165, 1.54) is 0 Å². The van der Waals surface area contributed by atoms with Gasteiger partial charge in [-0.15, -0.1) is 0 Å². The molecule has 1 fully saturated rings. The minimum absolute atomic E-state index is 0.574. The van der Waals surface area contributed by atoms with Gasteiger partial charge in [0.1, 0.15) is 0 Å². The van der Waals surface area contributed by atoms with Gasteiger partial charge in [0, 0.05) is 37.8 Å². The van der Waals surface area contributed by atoms with Crippen LogP contribution in [0.25, 0.3) is 0 Å². The highest BCUT2D eigenvalue weighted by Gasteiger charge is 2.21. The topological polar surface area (TPSA) is 43.0 Å². The van der Waals surface area contributed by atoms with E-state index in [0.717, 1.165) is 43.9 Å². The first-order valence-corrected chi connectivity index (χ1v) is 7.47. The molecule has 21 heavy (non-hydrogen) atoms. The molecular weight excluding hydrogens is 268 g/mol. The number of piperazine rings is 1. The summed E-state index contributed by atoms with van der Waals surface area (Å²) in [5, 5.41) is 3.54. The van der Waals surface area contributed by atoms with Crippen LogP contribution in [0.5, 0.6) is 17.2 Å². The maximum absolute atomic E-state index is 5.56. The number of rotatable bonds is 6. The van der Waals surface area contributed by atoms with Crippen molar-refractivity contribution in [3.63, 3.8) is 0 Å². The van der Waals surface area contributed by atoms with Crippen molar-refractivity contribution in [3.05, 3.63) is 17.7 Å². The van der Waals surface area contributed by atoms with E-state index in [1.54, 1.807) is 21.3 Å². The van der Waals surface area contributed by atoms with Crippen LogP contribution in [0.4, 0.5) is 0 Å². The van der Waals surface area contributed by atoms with E-state index in [0.29, 0.717) is 17.5 Å². The molecule has 1 aromatic carbocycles. The standard InChI is InChI=1S/C16H26N2O3/c1-5-13-11-18(9-8-17-13)10-12-6-7-14(19-2)16(21-4)15(12)20-3/h6-7,13,17H,5,8-11H2,1-4H3. The highest BCUT2D eigenvalue weighted by Crippen LogP contribution is 2.40. The zero-order valence-electron chi connectivity index (χ0n) is 13.4. The summed E-state index contributed by atoms with van der Waals surface area (Å²) >= 11 is 0. The summed E-state index contributed by atoms with van der Waals surface area (Å²) in [5.74, 6) is 2.13. The second-order valence-corrected chi connectivity index (χ2v) is 5.29. The first kappa shape index (κ1) is 15.9. The second-order valence-electron chi connectivity index (χ2n) is 5.29. The van der Waals surface area contributed by atoms with E-state index >= 15 is 0 Å². The van der Waals surface area contributed by atoms with Crippen molar-refractivity contribution < 1.29 is 14.2 Å². The van der Waals surface area contributed by atoms with Gasteiger partial charge >= 0.3 is 0 Å². The summed E-state index contributed by atoms with van der Waals surface area (Å²) < 4.78 is 16.3. The van der Waals surface area contributed by atoms with E-state index in [-0.39, 0.29) is 0 Å². The van der Waals surface area contributed by atoms with Crippen LogP contribution in [0.2, 0.25) is 0 Å². The van der Waals surface area contributed by atoms with Crippen LogP contribution in [0, 0.1) is 0 Å². The number of hydrogen-bond acceptors (Lipinski definition) is 5. The molecule has 0 amide bonds. The van der Waals surface area contributed by atoms with Crippen molar-refractivity contribution in [2.24, 2.45) is 0 Å². The lowest BCUT2D eigenvalue weighted by molar-refractivity contribution is 0.187. The molecule has 0 saturated carbocycles. The Balaban J connectivity index is 2.19. The summed E-state index contributed by atoms with van der Waals surface area (Å²) in [4.78, 5) is 2.45. The van der Waals surface area contributed by atoms with Gasteiger partial charge in [-0.2, -0.15) is 0 Å². The van der Waals surface area contributed by atoms with E-state index in [1.807, 2.05) is 6.07 Å². The zero-order valence-corrected chi connectivity index (χ0v) is 13.4. The minimum Gasteiger partial charge on any atom is -0.493 e. The number of benzene rings is 1. The predicted molar refractivity (Wildman–Crippen MR) is 83.5 cm³/mol.